The van der Waals surface area contributed by atoms with Gasteiger partial charge in [0.25, 0.3) is 0 Å². The van der Waals surface area contributed by atoms with Gasteiger partial charge in [-0.2, -0.15) is 0 Å². The molecule has 2 aliphatic heterocycles. The summed E-state index contributed by atoms with van der Waals surface area (Å²) in [5, 5.41) is 0.601. The van der Waals surface area contributed by atoms with Crippen molar-refractivity contribution in [2.75, 3.05) is 29.9 Å². The standard InChI is InChI=1S/C19H21ClN4O/c1-13-4-3-5-16(20)18(13)23-11-14-10-21-8-6-17(14)24(19(23)25)15-7-9-22(2)12-15/h3-6,8,10,15H,7,9,11-12H2,1-2H3. The van der Waals surface area contributed by atoms with E-state index in [0.717, 1.165) is 42.0 Å². The number of urea groups is 1. The summed E-state index contributed by atoms with van der Waals surface area (Å²) in [5.41, 5.74) is 3.81. The number of pyridine rings is 1. The number of anilines is 2. The van der Waals surface area contributed by atoms with Crippen LogP contribution in [-0.2, 0) is 6.54 Å². The smallest absolute Gasteiger partial charge is 0.304 e. The molecule has 2 aliphatic rings. The van der Waals surface area contributed by atoms with Gasteiger partial charge < -0.3 is 4.90 Å². The molecule has 1 aromatic carbocycles. The minimum Gasteiger partial charge on any atom is -0.304 e. The van der Waals surface area contributed by atoms with Gasteiger partial charge >= 0.3 is 6.03 Å². The molecule has 25 heavy (non-hydrogen) atoms. The predicted molar refractivity (Wildman–Crippen MR) is 100 cm³/mol. The molecule has 5 nitrogen and oxygen atoms in total. The lowest BCUT2D eigenvalue weighted by Crippen LogP contribution is -2.53. The fourth-order valence-electron chi connectivity index (χ4n) is 3.86. The maximum absolute atomic E-state index is 13.4. The van der Waals surface area contributed by atoms with Crippen molar-refractivity contribution in [3.05, 3.63) is 52.8 Å². The molecular weight excluding hydrogens is 336 g/mol. The molecule has 6 heteroatoms. The second kappa shape index (κ2) is 6.32. The Morgan fingerprint density at radius 1 is 1.28 bits per heavy atom. The van der Waals surface area contributed by atoms with Crippen LogP contribution < -0.4 is 9.80 Å². The van der Waals surface area contributed by atoms with Gasteiger partial charge in [-0.05, 0) is 44.6 Å². The first-order chi connectivity index (χ1) is 12.1. The number of carbonyl (C=O) groups excluding carboxylic acids is 1. The summed E-state index contributed by atoms with van der Waals surface area (Å²) in [6, 6.07) is 7.85. The van der Waals surface area contributed by atoms with Gasteiger partial charge in [-0.3, -0.25) is 14.8 Å². The van der Waals surface area contributed by atoms with Gasteiger partial charge in [0.05, 0.1) is 29.0 Å². The van der Waals surface area contributed by atoms with E-state index in [9.17, 15) is 4.79 Å². The van der Waals surface area contributed by atoms with Crippen molar-refractivity contribution in [3.8, 4) is 0 Å². The number of likely N-dealkylation sites (N-methyl/N-ethyl adjacent to an activating group) is 1. The molecule has 2 aromatic rings. The zero-order valence-corrected chi connectivity index (χ0v) is 15.2. The second-order valence-electron chi connectivity index (χ2n) is 6.85. The van der Waals surface area contributed by atoms with Gasteiger partial charge in [-0.1, -0.05) is 23.7 Å². The van der Waals surface area contributed by atoms with Crippen molar-refractivity contribution in [1.29, 1.82) is 0 Å². The topological polar surface area (TPSA) is 39.7 Å². The number of carbonyl (C=O) groups is 1. The summed E-state index contributed by atoms with van der Waals surface area (Å²) in [7, 11) is 2.10. The molecule has 0 radical (unpaired) electrons. The Morgan fingerprint density at radius 3 is 2.84 bits per heavy atom. The first-order valence-electron chi connectivity index (χ1n) is 8.53. The number of benzene rings is 1. The summed E-state index contributed by atoms with van der Waals surface area (Å²) in [4.78, 5) is 23.7. The van der Waals surface area contributed by atoms with Crippen molar-refractivity contribution in [2.24, 2.45) is 0 Å². The van der Waals surface area contributed by atoms with Crippen LogP contribution in [0.1, 0.15) is 17.5 Å². The zero-order valence-electron chi connectivity index (χ0n) is 14.4. The van der Waals surface area contributed by atoms with Gasteiger partial charge in [0.2, 0.25) is 0 Å². The lowest BCUT2D eigenvalue weighted by Gasteiger charge is -2.40. The first-order valence-corrected chi connectivity index (χ1v) is 8.91. The highest BCUT2D eigenvalue weighted by atomic mass is 35.5. The summed E-state index contributed by atoms with van der Waals surface area (Å²) in [6.07, 6.45) is 4.58. The van der Waals surface area contributed by atoms with Gasteiger partial charge in [-0.15, -0.1) is 0 Å². The van der Waals surface area contributed by atoms with E-state index in [0.29, 0.717) is 11.6 Å². The van der Waals surface area contributed by atoms with E-state index in [4.69, 9.17) is 11.6 Å². The number of hydrogen-bond acceptors (Lipinski definition) is 3. The van der Waals surface area contributed by atoms with Crippen molar-refractivity contribution in [1.82, 2.24) is 9.88 Å². The zero-order chi connectivity index (χ0) is 17.6. The highest BCUT2D eigenvalue weighted by molar-refractivity contribution is 6.34. The van der Waals surface area contributed by atoms with Crippen molar-refractivity contribution in [2.45, 2.75) is 25.9 Å². The van der Waals surface area contributed by atoms with Gasteiger partial charge in [-0.25, -0.2) is 4.79 Å². The number of nitrogens with zero attached hydrogens (tertiary/aromatic N) is 4. The SMILES string of the molecule is Cc1cccc(Cl)c1N1Cc2cnccc2N(C2CCN(C)C2)C1=O. The second-order valence-corrected chi connectivity index (χ2v) is 7.26. The fourth-order valence-corrected chi connectivity index (χ4v) is 4.19. The van der Waals surface area contributed by atoms with Crippen molar-refractivity contribution >= 4 is 29.0 Å². The van der Waals surface area contributed by atoms with Crippen LogP contribution in [0.2, 0.25) is 5.02 Å². The number of rotatable bonds is 2. The molecule has 130 valence electrons. The lowest BCUT2D eigenvalue weighted by atomic mass is 10.1. The third kappa shape index (κ3) is 2.77. The van der Waals surface area contributed by atoms with Crippen LogP contribution >= 0.6 is 11.6 Å². The first kappa shape index (κ1) is 16.4. The number of amides is 2. The van der Waals surface area contributed by atoms with Gasteiger partial charge in [0.15, 0.2) is 0 Å². The number of aryl methyl sites for hydroxylation is 1. The fraction of sp³-hybridized carbons (Fsp3) is 0.368. The Hall–Kier alpha value is -2.11. The minimum absolute atomic E-state index is 0.00444. The molecule has 1 unspecified atom stereocenters. The van der Waals surface area contributed by atoms with E-state index in [-0.39, 0.29) is 12.1 Å². The molecule has 1 aromatic heterocycles. The van der Waals surface area contributed by atoms with Gasteiger partial charge in [0.1, 0.15) is 0 Å². The molecule has 4 rings (SSSR count). The van der Waals surface area contributed by atoms with Crippen LogP contribution in [0.4, 0.5) is 16.2 Å². The molecule has 1 atom stereocenters. The largest absolute Gasteiger partial charge is 0.329 e. The van der Waals surface area contributed by atoms with E-state index in [1.54, 1.807) is 11.1 Å². The highest BCUT2D eigenvalue weighted by Gasteiger charge is 2.38. The van der Waals surface area contributed by atoms with E-state index < -0.39 is 0 Å². The Morgan fingerprint density at radius 2 is 2.12 bits per heavy atom. The predicted octanol–water partition coefficient (Wildman–Crippen LogP) is 3.69. The molecule has 0 bridgehead atoms. The monoisotopic (exact) mass is 356 g/mol. The molecule has 0 N–H and O–H groups in total. The molecule has 0 saturated carbocycles. The summed E-state index contributed by atoms with van der Waals surface area (Å²) < 4.78 is 0. The summed E-state index contributed by atoms with van der Waals surface area (Å²) >= 11 is 6.45. The van der Waals surface area contributed by atoms with Crippen LogP contribution in [0.25, 0.3) is 0 Å². The van der Waals surface area contributed by atoms with E-state index in [2.05, 4.69) is 16.9 Å². The molecule has 1 saturated heterocycles. The van der Waals surface area contributed by atoms with Crippen LogP contribution in [0.3, 0.4) is 0 Å². The highest BCUT2D eigenvalue weighted by Crippen LogP contribution is 2.38. The van der Waals surface area contributed by atoms with Gasteiger partial charge in [0, 0.05) is 24.5 Å². The number of likely N-dealkylation sites (tertiary alicyclic amines) is 1. The molecule has 0 aliphatic carbocycles. The third-order valence-electron chi connectivity index (χ3n) is 5.09. The van der Waals surface area contributed by atoms with E-state index in [1.807, 2.05) is 42.3 Å². The Bertz CT molecular complexity index is 805. The number of para-hydroxylation sites is 1. The van der Waals surface area contributed by atoms with E-state index in [1.165, 1.54) is 0 Å². The molecule has 1 fully saturated rings. The number of fused-ring (bicyclic) bond motifs is 1. The van der Waals surface area contributed by atoms with Crippen molar-refractivity contribution < 1.29 is 4.79 Å². The number of hydrogen-bond donors (Lipinski definition) is 0. The van der Waals surface area contributed by atoms with Crippen molar-refractivity contribution in [3.63, 3.8) is 0 Å². The molecule has 0 spiro atoms. The Balaban J connectivity index is 1.81. The lowest BCUT2D eigenvalue weighted by molar-refractivity contribution is 0.247. The Labute approximate surface area is 152 Å². The maximum atomic E-state index is 13.4. The summed E-state index contributed by atoms with van der Waals surface area (Å²) in [6.45, 7) is 4.36. The average molecular weight is 357 g/mol. The summed E-state index contributed by atoms with van der Waals surface area (Å²) in [5.74, 6) is 0. The van der Waals surface area contributed by atoms with E-state index >= 15 is 0 Å². The third-order valence-corrected chi connectivity index (χ3v) is 5.40. The average Bonchev–Trinajstić information content (AvgIpc) is 3.01. The van der Waals surface area contributed by atoms with Crippen LogP contribution in [-0.4, -0.2) is 42.1 Å². The number of aromatic nitrogens is 1. The maximum Gasteiger partial charge on any atom is 0.329 e. The molecule has 3 heterocycles. The normalized spacial score (nSPS) is 20.9. The van der Waals surface area contributed by atoms with Crippen LogP contribution in [0, 0.1) is 6.92 Å². The quantitative estimate of drug-likeness (QED) is 0.823. The van der Waals surface area contributed by atoms with Crippen LogP contribution in [0.5, 0.6) is 0 Å². The number of halogens is 1. The molecule has 2 amide bonds. The minimum atomic E-state index is -0.00444. The molecular formula is C19H21ClN4O. The Kier molecular flexibility index (Phi) is 4.13. The van der Waals surface area contributed by atoms with Crippen LogP contribution in [0.15, 0.2) is 36.7 Å².